The highest BCUT2D eigenvalue weighted by Gasteiger charge is 2.38. The van der Waals surface area contributed by atoms with Crippen LogP contribution in [0.5, 0.6) is 11.5 Å². The molecule has 1 saturated heterocycles. The van der Waals surface area contributed by atoms with Gasteiger partial charge in [-0.1, -0.05) is 23.7 Å². The molecule has 1 aliphatic rings. The standard InChI is InChI=1S/C28H31ClN4O2/c1-27(2)13-18(14-28(3,4)32-27)11-24(34)19-9-10-26(23(29)12-19)35-25-8-6-7-21(22(25)15-30)20-16-31-33(5)17-20/h6-10,12,16-18,32H,11,13-14H2,1-5H3. The van der Waals surface area contributed by atoms with Gasteiger partial charge in [-0.05, 0) is 70.7 Å². The molecule has 0 unspecified atom stereocenters. The zero-order valence-electron chi connectivity index (χ0n) is 20.9. The van der Waals surface area contributed by atoms with Crippen molar-refractivity contribution in [1.29, 1.82) is 5.26 Å². The van der Waals surface area contributed by atoms with Crippen molar-refractivity contribution in [3.05, 3.63) is 64.9 Å². The lowest BCUT2D eigenvalue weighted by atomic mass is 9.74. The third-order valence-electron chi connectivity index (χ3n) is 6.38. The minimum Gasteiger partial charge on any atom is -0.454 e. The summed E-state index contributed by atoms with van der Waals surface area (Å²) < 4.78 is 7.72. The van der Waals surface area contributed by atoms with E-state index < -0.39 is 0 Å². The van der Waals surface area contributed by atoms with Crippen molar-refractivity contribution in [3.8, 4) is 28.7 Å². The summed E-state index contributed by atoms with van der Waals surface area (Å²) in [7, 11) is 1.82. The number of nitrogens with zero attached hydrogens (tertiary/aromatic N) is 3. The second-order valence-electron chi connectivity index (χ2n) is 10.7. The maximum Gasteiger partial charge on any atom is 0.163 e. The van der Waals surface area contributed by atoms with Gasteiger partial charge < -0.3 is 10.1 Å². The number of nitriles is 1. The van der Waals surface area contributed by atoms with Crippen LogP contribution < -0.4 is 10.1 Å². The fraction of sp³-hybridized carbons (Fsp3) is 0.393. The molecule has 0 aliphatic carbocycles. The summed E-state index contributed by atoms with van der Waals surface area (Å²) in [5.41, 5.74) is 2.50. The molecule has 0 amide bonds. The van der Waals surface area contributed by atoms with Gasteiger partial charge in [-0.2, -0.15) is 10.4 Å². The van der Waals surface area contributed by atoms with Crippen LogP contribution in [-0.4, -0.2) is 26.6 Å². The van der Waals surface area contributed by atoms with Gasteiger partial charge in [0.05, 0.1) is 11.2 Å². The maximum atomic E-state index is 13.1. The van der Waals surface area contributed by atoms with E-state index in [1.807, 2.05) is 25.4 Å². The number of aromatic nitrogens is 2. The van der Waals surface area contributed by atoms with Crippen molar-refractivity contribution < 1.29 is 9.53 Å². The van der Waals surface area contributed by atoms with Gasteiger partial charge in [-0.25, -0.2) is 0 Å². The SMILES string of the molecule is Cn1cc(-c2cccc(Oc3ccc(C(=O)CC4CC(C)(C)NC(C)(C)C4)cc3Cl)c2C#N)cn1. The van der Waals surface area contributed by atoms with E-state index in [1.165, 1.54) is 0 Å². The Morgan fingerprint density at radius 2 is 1.91 bits per heavy atom. The lowest BCUT2D eigenvalue weighted by Crippen LogP contribution is -2.57. The minimum absolute atomic E-state index is 0.00909. The van der Waals surface area contributed by atoms with Crippen LogP contribution in [0, 0.1) is 17.2 Å². The van der Waals surface area contributed by atoms with Crippen LogP contribution in [0.3, 0.4) is 0 Å². The predicted molar refractivity (Wildman–Crippen MR) is 138 cm³/mol. The number of aryl methyl sites for hydroxylation is 1. The third-order valence-corrected chi connectivity index (χ3v) is 6.67. The van der Waals surface area contributed by atoms with Crippen LogP contribution in [0.4, 0.5) is 0 Å². The number of hydrogen-bond donors (Lipinski definition) is 1. The molecule has 1 fully saturated rings. The van der Waals surface area contributed by atoms with Crippen molar-refractivity contribution in [3.63, 3.8) is 0 Å². The van der Waals surface area contributed by atoms with Gasteiger partial charge in [-0.3, -0.25) is 9.48 Å². The first-order valence-electron chi connectivity index (χ1n) is 11.8. The van der Waals surface area contributed by atoms with Crippen molar-refractivity contribution in [2.75, 3.05) is 0 Å². The summed E-state index contributed by atoms with van der Waals surface area (Å²) in [6, 6.07) is 12.8. The number of benzene rings is 2. The lowest BCUT2D eigenvalue weighted by Gasteiger charge is -2.46. The normalized spacial score (nSPS) is 17.1. The second-order valence-corrected chi connectivity index (χ2v) is 11.1. The molecule has 0 saturated carbocycles. The fourth-order valence-electron chi connectivity index (χ4n) is 5.47. The summed E-state index contributed by atoms with van der Waals surface area (Å²) in [6.45, 7) is 8.75. The predicted octanol–water partition coefficient (Wildman–Crippen LogP) is 6.53. The molecule has 6 nitrogen and oxygen atoms in total. The highest BCUT2D eigenvalue weighted by molar-refractivity contribution is 6.32. The Balaban J connectivity index is 1.52. The fourth-order valence-corrected chi connectivity index (χ4v) is 5.69. The first kappa shape index (κ1) is 25.0. The van der Waals surface area contributed by atoms with Gasteiger partial charge in [0.2, 0.25) is 0 Å². The lowest BCUT2D eigenvalue weighted by molar-refractivity contribution is 0.0864. The maximum absolute atomic E-state index is 13.1. The molecule has 0 atom stereocenters. The molecule has 2 aromatic carbocycles. The van der Waals surface area contributed by atoms with Gasteiger partial charge in [-0.15, -0.1) is 0 Å². The number of carbonyl (C=O) groups is 1. The topological polar surface area (TPSA) is 79.9 Å². The van der Waals surface area contributed by atoms with Crippen molar-refractivity contribution in [2.24, 2.45) is 13.0 Å². The number of halogens is 1. The molecule has 3 aromatic rings. The highest BCUT2D eigenvalue weighted by atomic mass is 35.5. The molecule has 7 heteroatoms. The van der Waals surface area contributed by atoms with Crippen molar-refractivity contribution in [1.82, 2.24) is 15.1 Å². The van der Waals surface area contributed by atoms with Gasteiger partial charge >= 0.3 is 0 Å². The van der Waals surface area contributed by atoms with E-state index in [1.54, 1.807) is 35.1 Å². The zero-order chi connectivity index (χ0) is 25.4. The van der Waals surface area contributed by atoms with Crippen molar-refractivity contribution in [2.45, 2.75) is 58.0 Å². The smallest absolute Gasteiger partial charge is 0.163 e. The van der Waals surface area contributed by atoms with Crippen LogP contribution in [0.1, 0.15) is 62.9 Å². The van der Waals surface area contributed by atoms with Gasteiger partial charge in [0.1, 0.15) is 23.1 Å². The Kier molecular flexibility index (Phi) is 6.77. The number of ether oxygens (including phenoxy) is 1. The summed E-state index contributed by atoms with van der Waals surface area (Å²) >= 11 is 6.53. The molecule has 1 aromatic heterocycles. The molecule has 0 radical (unpaired) electrons. The molecular weight excluding hydrogens is 460 g/mol. The van der Waals surface area contributed by atoms with E-state index in [-0.39, 0.29) is 16.9 Å². The van der Waals surface area contributed by atoms with Crippen LogP contribution in [0.25, 0.3) is 11.1 Å². The Hall–Kier alpha value is -3.14. The molecule has 2 heterocycles. The Morgan fingerprint density at radius 3 is 2.51 bits per heavy atom. The molecule has 0 spiro atoms. The Morgan fingerprint density at radius 1 is 1.20 bits per heavy atom. The summed E-state index contributed by atoms with van der Waals surface area (Å²) in [5.74, 6) is 1.17. The first-order chi connectivity index (χ1) is 16.5. The Labute approximate surface area is 211 Å². The van der Waals surface area contributed by atoms with Crippen LogP contribution >= 0.6 is 11.6 Å². The van der Waals surface area contributed by atoms with Gasteiger partial charge in [0.15, 0.2) is 5.78 Å². The van der Waals surface area contributed by atoms with E-state index in [4.69, 9.17) is 16.3 Å². The summed E-state index contributed by atoms with van der Waals surface area (Å²) in [4.78, 5) is 13.1. The molecule has 0 bridgehead atoms. The average molecular weight is 491 g/mol. The largest absolute Gasteiger partial charge is 0.454 e. The van der Waals surface area contributed by atoms with E-state index in [9.17, 15) is 10.1 Å². The third kappa shape index (κ3) is 5.75. The van der Waals surface area contributed by atoms with Gasteiger partial charge in [0, 0.05) is 47.4 Å². The van der Waals surface area contributed by atoms with E-state index >= 15 is 0 Å². The molecule has 1 N–H and O–H groups in total. The zero-order valence-corrected chi connectivity index (χ0v) is 21.6. The van der Waals surface area contributed by atoms with Crippen LogP contribution in [-0.2, 0) is 7.05 Å². The molecule has 182 valence electrons. The Bertz CT molecular complexity index is 1290. The van der Waals surface area contributed by atoms with Crippen molar-refractivity contribution >= 4 is 17.4 Å². The summed E-state index contributed by atoms with van der Waals surface area (Å²) in [5, 5.41) is 18.0. The minimum atomic E-state index is -0.00909. The number of Topliss-reactive ketones (excluding diaryl/α,β-unsaturated/α-hetero) is 1. The number of hydrogen-bond acceptors (Lipinski definition) is 5. The van der Waals surface area contributed by atoms with E-state index in [2.05, 4.69) is 44.2 Å². The monoisotopic (exact) mass is 490 g/mol. The second kappa shape index (κ2) is 9.49. The molecular formula is C28H31ClN4O2. The van der Waals surface area contributed by atoms with E-state index in [0.717, 1.165) is 24.0 Å². The number of carbonyl (C=O) groups excluding carboxylic acids is 1. The average Bonchev–Trinajstić information content (AvgIpc) is 3.18. The van der Waals surface area contributed by atoms with Crippen LogP contribution in [0.15, 0.2) is 48.8 Å². The number of piperidine rings is 1. The number of nitrogens with one attached hydrogen (secondary N) is 1. The van der Waals surface area contributed by atoms with E-state index in [0.29, 0.717) is 40.0 Å². The highest BCUT2D eigenvalue weighted by Crippen LogP contribution is 2.38. The number of rotatable bonds is 6. The number of ketones is 1. The molecule has 4 rings (SSSR count). The first-order valence-corrected chi connectivity index (χ1v) is 12.2. The quantitative estimate of drug-likeness (QED) is 0.397. The van der Waals surface area contributed by atoms with Crippen LogP contribution in [0.2, 0.25) is 5.02 Å². The molecule has 1 aliphatic heterocycles. The summed E-state index contributed by atoms with van der Waals surface area (Å²) in [6.07, 6.45) is 5.93. The van der Waals surface area contributed by atoms with Gasteiger partial charge in [0.25, 0.3) is 0 Å². The molecule has 35 heavy (non-hydrogen) atoms.